The molecule has 136 valence electrons. The number of ether oxygens (including phenoxy) is 2. The van der Waals surface area contributed by atoms with Crippen LogP contribution in [0.25, 0.3) is 0 Å². The maximum absolute atomic E-state index is 12.6. The number of nitrogens with one attached hydrogen (secondary N) is 2. The molecule has 1 aliphatic rings. The van der Waals surface area contributed by atoms with Crippen LogP contribution in [0.1, 0.15) is 39.8 Å². The Morgan fingerprint density at radius 2 is 1.73 bits per heavy atom. The molecule has 3 rings (SSSR count). The van der Waals surface area contributed by atoms with Crippen LogP contribution in [0.3, 0.4) is 0 Å². The quantitative estimate of drug-likeness (QED) is 0.877. The highest BCUT2D eigenvalue weighted by atomic mass is 16.5. The normalized spacial score (nSPS) is 16.0. The lowest BCUT2D eigenvalue weighted by molar-refractivity contribution is 0.0952. The number of carbonyl (C=O) groups is 2. The second-order valence-corrected chi connectivity index (χ2v) is 6.40. The number of hydrogen-bond acceptors (Lipinski definition) is 5. The molecule has 0 fully saturated rings. The number of benzene rings is 1. The average Bonchev–Trinajstić information content (AvgIpc) is 2.60. The van der Waals surface area contributed by atoms with E-state index >= 15 is 0 Å². The molecule has 1 heterocycles. The van der Waals surface area contributed by atoms with Gasteiger partial charge in [-0.25, -0.2) is 0 Å². The molecule has 0 saturated heterocycles. The summed E-state index contributed by atoms with van der Waals surface area (Å²) in [6.07, 6.45) is 1.03. The average molecular weight is 356 g/mol. The molecule has 1 unspecified atom stereocenters. The van der Waals surface area contributed by atoms with E-state index in [1.807, 2.05) is 6.92 Å². The molecule has 0 aliphatic heterocycles. The Kier molecular flexibility index (Phi) is 4.79. The number of methoxy groups -OCH3 is 2. The summed E-state index contributed by atoms with van der Waals surface area (Å²) >= 11 is 0. The molecule has 0 spiro atoms. The molecule has 1 amide bonds. The third kappa shape index (κ3) is 3.46. The Labute approximate surface area is 150 Å². The van der Waals surface area contributed by atoms with Gasteiger partial charge in [0.2, 0.25) is 0 Å². The Hall–Kier alpha value is -3.09. The van der Waals surface area contributed by atoms with Gasteiger partial charge in [-0.3, -0.25) is 14.4 Å². The molecule has 2 N–H and O–H groups in total. The first-order valence-electron chi connectivity index (χ1n) is 8.25. The third-order valence-electron chi connectivity index (χ3n) is 4.36. The lowest BCUT2D eigenvalue weighted by Crippen LogP contribution is -2.29. The summed E-state index contributed by atoms with van der Waals surface area (Å²) in [6.45, 7) is 1.95. The Bertz CT molecular complexity index is 910. The highest BCUT2D eigenvalue weighted by Gasteiger charge is 2.25. The van der Waals surface area contributed by atoms with Gasteiger partial charge >= 0.3 is 0 Å². The molecule has 1 aromatic heterocycles. The zero-order chi connectivity index (χ0) is 18.8. The molecule has 26 heavy (non-hydrogen) atoms. The van der Waals surface area contributed by atoms with Gasteiger partial charge in [-0.2, -0.15) is 0 Å². The summed E-state index contributed by atoms with van der Waals surface area (Å²) in [5.41, 5.74) is 0.809. The van der Waals surface area contributed by atoms with Gasteiger partial charge in [-0.1, -0.05) is 6.92 Å². The summed E-state index contributed by atoms with van der Waals surface area (Å²) < 4.78 is 10.3. The molecular formula is C19H20N2O5. The van der Waals surface area contributed by atoms with Crippen molar-refractivity contribution in [1.82, 2.24) is 4.98 Å². The second-order valence-electron chi connectivity index (χ2n) is 6.40. The van der Waals surface area contributed by atoms with E-state index in [2.05, 4.69) is 10.3 Å². The SMILES string of the molecule is COc1cc(NC(=O)c2cc3c([nH]c2=O)CC(C)CC3=O)cc(OC)c1. The van der Waals surface area contributed by atoms with Gasteiger partial charge in [-0.15, -0.1) is 0 Å². The Balaban J connectivity index is 1.93. The molecule has 7 heteroatoms. The topological polar surface area (TPSA) is 97.5 Å². The molecule has 7 nitrogen and oxygen atoms in total. The summed E-state index contributed by atoms with van der Waals surface area (Å²) in [5, 5.41) is 2.65. The van der Waals surface area contributed by atoms with Gasteiger partial charge < -0.3 is 19.8 Å². The minimum atomic E-state index is -0.601. The van der Waals surface area contributed by atoms with Gasteiger partial charge in [0, 0.05) is 41.6 Å². The van der Waals surface area contributed by atoms with Crippen LogP contribution in [0.4, 0.5) is 5.69 Å². The van der Waals surface area contributed by atoms with Crippen molar-refractivity contribution < 1.29 is 19.1 Å². The summed E-state index contributed by atoms with van der Waals surface area (Å²) in [5.74, 6) is 0.517. The third-order valence-corrected chi connectivity index (χ3v) is 4.36. The van der Waals surface area contributed by atoms with Gasteiger partial charge in [0.15, 0.2) is 5.78 Å². The van der Waals surface area contributed by atoms with Crippen molar-refractivity contribution in [3.8, 4) is 11.5 Å². The minimum absolute atomic E-state index is 0.0629. The fourth-order valence-corrected chi connectivity index (χ4v) is 3.07. The molecule has 0 saturated carbocycles. The summed E-state index contributed by atoms with van der Waals surface area (Å²) in [4.78, 5) is 39.8. The van der Waals surface area contributed by atoms with E-state index in [1.165, 1.54) is 20.3 Å². The van der Waals surface area contributed by atoms with E-state index in [1.54, 1.807) is 18.2 Å². The number of fused-ring (bicyclic) bond motifs is 1. The predicted molar refractivity (Wildman–Crippen MR) is 96.4 cm³/mol. The first-order valence-corrected chi connectivity index (χ1v) is 8.25. The number of aromatic nitrogens is 1. The largest absolute Gasteiger partial charge is 0.497 e. The summed E-state index contributed by atoms with van der Waals surface area (Å²) in [7, 11) is 3.00. The number of anilines is 1. The van der Waals surface area contributed by atoms with Crippen molar-refractivity contribution in [2.45, 2.75) is 19.8 Å². The number of carbonyl (C=O) groups excluding carboxylic acids is 2. The van der Waals surface area contributed by atoms with E-state index in [9.17, 15) is 14.4 Å². The molecule has 2 aromatic rings. The molecular weight excluding hydrogens is 336 g/mol. The van der Waals surface area contributed by atoms with E-state index < -0.39 is 11.5 Å². The molecule has 0 bridgehead atoms. The van der Waals surface area contributed by atoms with Crippen LogP contribution in [0, 0.1) is 5.92 Å². The van der Waals surface area contributed by atoms with E-state index in [4.69, 9.17) is 9.47 Å². The van der Waals surface area contributed by atoms with Gasteiger partial charge in [0.1, 0.15) is 17.1 Å². The molecule has 0 radical (unpaired) electrons. The fourth-order valence-electron chi connectivity index (χ4n) is 3.07. The van der Waals surface area contributed by atoms with Crippen LogP contribution in [0.5, 0.6) is 11.5 Å². The molecule has 1 atom stereocenters. The first-order chi connectivity index (χ1) is 12.4. The molecule has 1 aromatic carbocycles. The van der Waals surface area contributed by atoms with Crippen molar-refractivity contribution in [1.29, 1.82) is 0 Å². The van der Waals surface area contributed by atoms with Gasteiger partial charge in [-0.05, 0) is 18.4 Å². The maximum Gasteiger partial charge on any atom is 0.261 e. The zero-order valence-electron chi connectivity index (χ0n) is 14.8. The predicted octanol–water partition coefficient (Wildman–Crippen LogP) is 2.41. The number of Topliss-reactive ketones (excluding diaryl/α,β-unsaturated/α-hetero) is 1. The number of pyridine rings is 1. The second kappa shape index (κ2) is 7.03. The Morgan fingerprint density at radius 1 is 1.08 bits per heavy atom. The van der Waals surface area contributed by atoms with Crippen LogP contribution >= 0.6 is 0 Å². The van der Waals surface area contributed by atoms with Crippen molar-refractivity contribution in [3.05, 3.63) is 51.4 Å². The number of aromatic amines is 1. The van der Waals surface area contributed by atoms with Crippen LogP contribution < -0.4 is 20.3 Å². The standard InChI is InChI=1S/C19H20N2O5/c1-10-4-16-14(17(22)5-10)9-15(19(24)21-16)18(23)20-11-6-12(25-2)8-13(7-11)26-3/h6-10H,4-5H2,1-3H3,(H,20,23)(H,21,24). The zero-order valence-corrected chi connectivity index (χ0v) is 14.8. The fraction of sp³-hybridized carbons (Fsp3) is 0.316. The highest BCUT2D eigenvalue weighted by Crippen LogP contribution is 2.27. The number of H-pyrrole nitrogens is 1. The van der Waals surface area contributed by atoms with Crippen LogP contribution in [-0.4, -0.2) is 30.9 Å². The number of ketones is 1. The molecule has 1 aliphatic carbocycles. The monoisotopic (exact) mass is 356 g/mol. The van der Waals surface area contributed by atoms with Crippen LogP contribution in [0.2, 0.25) is 0 Å². The van der Waals surface area contributed by atoms with E-state index in [-0.39, 0.29) is 17.3 Å². The lowest BCUT2D eigenvalue weighted by Gasteiger charge is -2.20. The van der Waals surface area contributed by atoms with Gasteiger partial charge in [0.25, 0.3) is 11.5 Å². The Morgan fingerprint density at radius 3 is 2.35 bits per heavy atom. The van der Waals surface area contributed by atoms with E-state index in [0.29, 0.717) is 41.3 Å². The van der Waals surface area contributed by atoms with Crippen LogP contribution in [-0.2, 0) is 6.42 Å². The first kappa shape index (κ1) is 17.7. The van der Waals surface area contributed by atoms with Crippen molar-refractivity contribution in [3.63, 3.8) is 0 Å². The van der Waals surface area contributed by atoms with Crippen molar-refractivity contribution in [2.75, 3.05) is 19.5 Å². The smallest absolute Gasteiger partial charge is 0.261 e. The lowest BCUT2D eigenvalue weighted by atomic mass is 9.86. The number of amides is 1. The highest BCUT2D eigenvalue weighted by molar-refractivity contribution is 6.06. The number of rotatable bonds is 4. The van der Waals surface area contributed by atoms with Crippen molar-refractivity contribution in [2.24, 2.45) is 5.92 Å². The van der Waals surface area contributed by atoms with Gasteiger partial charge in [0.05, 0.1) is 14.2 Å². The van der Waals surface area contributed by atoms with Crippen molar-refractivity contribution >= 4 is 17.4 Å². The summed E-state index contributed by atoms with van der Waals surface area (Å²) in [6, 6.07) is 6.27. The van der Waals surface area contributed by atoms with Crippen LogP contribution in [0.15, 0.2) is 29.1 Å². The minimum Gasteiger partial charge on any atom is -0.497 e. The van der Waals surface area contributed by atoms with E-state index in [0.717, 1.165) is 0 Å². The number of hydrogen-bond donors (Lipinski definition) is 2. The maximum atomic E-state index is 12.6.